The third-order valence-electron chi connectivity index (χ3n) is 4.53. The van der Waals surface area contributed by atoms with E-state index in [2.05, 4.69) is 33.6 Å². The lowest BCUT2D eigenvalue weighted by Gasteiger charge is -2.10. The minimum Gasteiger partial charge on any atom is -0.370 e. The van der Waals surface area contributed by atoms with Crippen LogP contribution in [0.3, 0.4) is 0 Å². The van der Waals surface area contributed by atoms with Crippen molar-refractivity contribution in [1.29, 1.82) is 0 Å². The van der Waals surface area contributed by atoms with Gasteiger partial charge in [-0.15, -0.1) is 0 Å². The van der Waals surface area contributed by atoms with Crippen LogP contribution in [0.15, 0.2) is 65.9 Å². The third-order valence-corrected chi connectivity index (χ3v) is 4.53. The van der Waals surface area contributed by atoms with E-state index in [0.29, 0.717) is 12.5 Å². The van der Waals surface area contributed by atoms with E-state index in [-0.39, 0.29) is 0 Å². The second-order valence-electron chi connectivity index (χ2n) is 6.24. The fraction of sp³-hybridized carbons (Fsp3) is 0.200. The zero-order chi connectivity index (χ0) is 17.1. The lowest BCUT2D eigenvalue weighted by atomic mass is 10.1. The molecule has 25 heavy (non-hydrogen) atoms. The largest absolute Gasteiger partial charge is 0.370 e. The molecule has 2 aromatic carbocycles. The van der Waals surface area contributed by atoms with E-state index in [1.165, 1.54) is 24.0 Å². The Hall–Kier alpha value is -3.08. The maximum atomic E-state index is 6.08. The van der Waals surface area contributed by atoms with Gasteiger partial charge in [0.05, 0.1) is 12.2 Å². The summed E-state index contributed by atoms with van der Waals surface area (Å²) in [7, 11) is 0. The Bertz CT molecular complexity index is 896. The third kappa shape index (κ3) is 3.40. The zero-order valence-corrected chi connectivity index (χ0v) is 14.0. The number of aryl methyl sites for hydroxylation is 2. The molecule has 0 radical (unpaired) electrons. The van der Waals surface area contributed by atoms with E-state index in [9.17, 15) is 0 Å². The zero-order valence-electron chi connectivity index (χ0n) is 14.0. The highest BCUT2D eigenvalue weighted by Gasteiger charge is 2.11. The number of fused-ring (bicyclic) bond motifs is 1. The smallest absolute Gasteiger partial charge is 0.193 e. The molecule has 0 bridgehead atoms. The van der Waals surface area contributed by atoms with Crippen molar-refractivity contribution < 1.29 is 0 Å². The highest BCUT2D eigenvalue weighted by Crippen LogP contribution is 2.24. The van der Waals surface area contributed by atoms with E-state index in [4.69, 9.17) is 5.73 Å². The minimum absolute atomic E-state index is 0.424. The summed E-state index contributed by atoms with van der Waals surface area (Å²) in [6, 6.07) is 16.4. The van der Waals surface area contributed by atoms with E-state index in [0.717, 1.165) is 23.4 Å². The molecule has 4 rings (SSSR count). The van der Waals surface area contributed by atoms with Gasteiger partial charge in [-0.2, -0.15) is 5.10 Å². The fourth-order valence-corrected chi connectivity index (χ4v) is 3.29. The van der Waals surface area contributed by atoms with E-state index < -0.39 is 0 Å². The number of aromatic nitrogens is 2. The Morgan fingerprint density at radius 1 is 1.12 bits per heavy atom. The predicted octanol–water partition coefficient (Wildman–Crippen LogP) is 3.29. The van der Waals surface area contributed by atoms with Crippen molar-refractivity contribution in [3.63, 3.8) is 0 Å². The van der Waals surface area contributed by atoms with E-state index >= 15 is 0 Å². The maximum Gasteiger partial charge on any atom is 0.193 e. The molecule has 0 spiro atoms. The maximum absolute atomic E-state index is 6.08. The summed E-state index contributed by atoms with van der Waals surface area (Å²) in [5.74, 6) is 0.424. The van der Waals surface area contributed by atoms with Crippen molar-refractivity contribution >= 4 is 11.6 Å². The molecule has 0 fully saturated rings. The van der Waals surface area contributed by atoms with Crippen LogP contribution in [-0.4, -0.2) is 15.7 Å². The first-order valence-electron chi connectivity index (χ1n) is 8.56. The highest BCUT2D eigenvalue weighted by atomic mass is 15.3. The standard InChI is InChI=1S/C20H21N5/c21-20(24-18-10-9-15-6-3-7-16(15)13-18)22-14-17-5-1-2-8-19(17)25-12-4-11-23-25/h1-2,4-5,8-13H,3,6-7,14H2,(H3,21,22,24). The summed E-state index contributed by atoms with van der Waals surface area (Å²) in [4.78, 5) is 4.50. The molecular weight excluding hydrogens is 310 g/mol. The predicted molar refractivity (Wildman–Crippen MR) is 101 cm³/mol. The number of benzene rings is 2. The van der Waals surface area contributed by atoms with Crippen LogP contribution < -0.4 is 11.1 Å². The number of nitrogens with zero attached hydrogens (tertiary/aromatic N) is 3. The van der Waals surface area contributed by atoms with Crippen LogP contribution in [-0.2, 0) is 19.4 Å². The number of aliphatic imine (C=N–C) groups is 1. The molecule has 5 heteroatoms. The molecule has 1 aliphatic rings. The summed E-state index contributed by atoms with van der Waals surface area (Å²) < 4.78 is 1.84. The van der Waals surface area contributed by atoms with Crippen LogP contribution in [0.1, 0.15) is 23.1 Å². The molecule has 0 atom stereocenters. The van der Waals surface area contributed by atoms with E-state index in [1.807, 2.05) is 41.2 Å². The van der Waals surface area contributed by atoms with Crippen molar-refractivity contribution in [2.75, 3.05) is 5.32 Å². The van der Waals surface area contributed by atoms with Crippen molar-refractivity contribution in [1.82, 2.24) is 9.78 Å². The van der Waals surface area contributed by atoms with Gasteiger partial charge in [0.1, 0.15) is 0 Å². The Balaban J connectivity index is 1.49. The molecule has 0 saturated heterocycles. The van der Waals surface area contributed by atoms with Gasteiger partial charge in [-0.05, 0) is 60.2 Å². The van der Waals surface area contributed by atoms with Gasteiger partial charge in [-0.25, -0.2) is 9.67 Å². The second kappa shape index (κ2) is 6.81. The Morgan fingerprint density at radius 2 is 2.00 bits per heavy atom. The molecule has 0 unspecified atom stereocenters. The summed E-state index contributed by atoms with van der Waals surface area (Å²) in [6.45, 7) is 0.500. The quantitative estimate of drug-likeness (QED) is 0.569. The number of rotatable bonds is 4. The number of para-hydroxylation sites is 1. The molecular formula is C20H21N5. The number of hydrogen-bond donors (Lipinski definition) is 2. The number of nitrogens with one attached hydrogen (secondary N) is 1. The average molecular weight is 331 g/mol. The number of hydrogen-bond acceptors (Lipinski definition) is 2. The molecule has 3 N–H and O–H groups in total. The van der Waals surface area contributed by atoms with Crippen LogP contribution >= 0.6 is 0 Å². The van der Waals surface area contributed by atoms with Gasteiger partial charge in [0, 0.05) is 18.1 Å². The first-order valence-corrected chi connectivity index (χ1v) is 8.56. The molecule has 0 saturated carbocycles. The molecule has 5 nitrogen and oxygen atoms in total. The SMILES string of the molecule is NC(=NCc1ccccc1-n1cccn1)Nc1ccc2c(c1)CCC2. The average Bonchev–Trinajstić information content (AvgIpc) is 3.31. The van der Waals surface area contributed by atoms with Gasteiger partial charge in [-0.3, -0.25) is 0 Å². The Labute approximate surface area is 147 Å². The lowest BCUT2D eigenvalue weighted by Crippen LogP contribution is -2.22. The molecule has 1 heterocycles. The van der Waals surface area contributed by atoms with Gasteiger partial charge in [0.25, 0.3) is 0 Å². The van der Waals surface area contributed by atoms with Crippen LogP contribution in [0.25, 0.3) is 5.69 Å². The van der Waals surface area contributed by atoms with Crippen LogP contribution in [0, 0.1) is 0 Å². The lowest BCUT2D eigenvalue weighted by molar-refractivity contribution is 0.858. The van der Waals surface area contributed by atoms with Gasteiger partial charge in [0.2, 0.25) is 0 Å². The molecule has 0 aliphatic heterocycles. The van der Waals surface area contributed by atoms with Crippen LogP contribution in [0.5, 0.6) is 0 Å². The summed E-state index contributed by atoms with van der Waals surface area (Å²) in [5.41, 5.74) is 12.0. The minimum atomic E-state index is 0.424. The number of anilines is 1. The van der Waals surface area contributed by atoms with E-state index in [1.54, 1.807) is 6.20 Å². The Kier molecular flexibility index (Phi) is 4.21. The highest BCUT2D eigenvalue weighted by molar-refractivity contribution is 5.92. The second-order valence-corrected chi connectivity index (χ2v) is 6.24. The van der Waals surface area contributed by atoms with Crippen molar-refractivity contribution in [3.8, 4) is 5.69 Å². The van der Waals surface area contributed by atoms with Gasteiger partial charge in [0.15, 0.2) is 5.96 Å². The molecule has 0 amide bonds. The number of nitrogens with two attached hydrogens (primary N) is 1. The van der Waals surface area contributed by atoms with Crippen molar-refractivity contribution in [2.24, 2.45) is 10.7 Å². The van der Waals surface area contributed by atoms with Gasteiger partial charge >= 0.3 is 0 Å². The fourth-order valence-electron chi connectivity index (χ4n) is 3.29. The molecule has 1 aromatic heterocycles. The molecule has 3 aromatic rings. The van der Waals surface area contributed by atoms with Crippen molar-refractivity contribution in [2.45, 2.75) is 25.8 Å². The van der Waals surface area contributed by atoms with Gasteiger partial charge < -0.3 is 11.1 Å². The summed E-state index contributed by atoms with van der Waals surface area (Å²) in [5, 5.41) is 7.50. The monoisotopic (exact) mass is 331 g/mol. The van der Waals surface area contributed by atoms with Crippen molar-refractivity contribution in [3.05, 3.63) is 77.6 Å². The topological polar surface area (TPSA) is 68.2 Å². The first kappa shape index (κ1) is 15.4. The molecule has 1 aliphatic carbocycles. The molecule has 126 valence electrons. The Morgan fingerprint density at radius 3 is 2.88 bits per heavy atom. The first-order chi connectivity index (χ1) is 12.3. The number of guanidine groups is 1. The van der Waals surface area contributed by atoms with Crippen LogP contribution in [0.4, 0.5) is 5.69 Å². The summed E-state index contributed by atoms with van der Waals surface area (Å²) in [6.07, 6.45) is 7.27. The normalized spacial score (nSPS) is 13.7. The van der Waals surface area contributed by atoms with Crippen LogP contribution in [0.2, 0.25) is 0 Å². The van der Waals surface area contributed by atoms with Gasteiger partial charge in [-0.1, -0.05) is 24.3 Å². The summed E-state index contributed by atoms with van der Waals surface area (Å²) >= 11 is 0.